The Bertz CT molecular complexity index is 716. The molecule has 2 amide bonds. The van der Waals surface area contributed by atoms with Crippen molar-refractivity contribution in [3.8, 4) is 0 Å². The summed E-state index contributed by atoms with van der Waals surface area (Å²) in [6, 6.07) is 0.331. The Hall–Kier alpha value is -2.24. The van der Waals surface area contributed by atoms with Gasteiger partial charge in [0, 0.05) is 56.5 Å². The monoisotopic (exact) mass is 371 g/mol. The molecule has 2 fully saturated rings. The van der Waals surface area contributed by atoms with Gasteiger partial charge < -0.3 is 19.4 Å². The molecule has 1 saturated heterocycles. The molecule has 3 heterocycles. The van der Waals surface area contributed by atoms with Crippen LogP contribution < -0.4 is 0 Å². The minimum absolute atomic E-state index is 0.0281. The molecule has 0 aromatic carbocycles. The van der Waals surface area contributed by atoms with E-state index in [1.165, 1.54) is 18.5 Å². The highest BCUT2D eigenvalue weighted by atomic mass is 16.5. The molecule has 4 rings (SSSR count). The van der Waals surface area contributed by atoms with Crippen molar-refractivity contribution >= 4 is 11.8 Å². The lowest BCUT2D eigenvalue weighted by Crippen LogP contribution is -2.55. The molecule has 3 aliphatic heterocycles. The summed E-state index contributed by atoms with van der Waals surface area (Å²) >= 11 is 0. The van der Waals surface area contributed by atoms with Crippen molar-refractivity contribution in [1.29, 1.82) is 0 Å². The quantitative estimate of drug-likeness (QED) is 0.744. The Morgan fingerprint density at radius 2 is 1.89 bits per heavy atom. The zero-order chi connectivity index (χ0) is 19.0. The third-order valence-corrected chi connectivity index (χ3v) is 6.44. The van der Waals surface area contributed by atoms with Crippen molar-refractivity contribution in [1.82, 2.24) is 14.7 Å². The summed E-state index contributed by atoms with van der Waals surface area (Å²) in [5, 5.41) is 0. The van der Waals surface area contributed by atoms with Gasteiger partial charge in [-0.1, -0.05) is 18.9 Å². The first-order valence-corrected chi connectivity index (χ1v) is 10.1. The van der Waals surface area contributed by atoms with Crippen LogP contribution in [0.3, 0.4) is 0 Å². The van der Waals surface area contributed by atoms with E-state index in [1.807, 2.05) is 35.9 Å². The number of piperazine rings is 1. The lowest BCUT2D eigenvalue weighted by molar-refractivity contribution is -0.134. The van der Waals surface area contributed by atoms with Gasteiger partial charge in [-0.25, -0.2) is 0 Å². The highest BCUT2D eigenvalue weighted by molar-refractivity contribution is 5.95. The summed E-state index contributed by atoms with van der Waals surface area (Å²) in [4.78, 5) is 31.6. The van der Waals surface area contributed by atoms with Gasteiger partial charge in [-0.3, -0.25) is 9.59 Å². The number of hydrogen-bond donors (Lipinski definition) is 0. The Balaban J connectivity index is 1.48. The first-order valence-electron chi connectivity index (χ1n) is 10.1. The van der Waals surface area contributed by atoms with E-state index in [-0.39, 0.29) is 11.8 Å². The van der Waals surface area contributed by atoms with Gasteiger partial charge in [0.15, 0.2) is 5.76 Å². The maximum Gasteiger partial charge on any atom is 0.289 e. The fourth-order valence-electron chi connectivity index (χ4n) is 5.00. The molecule has 0 bridgehead atoms. The standard InChI is InChI=1S/C21H29N3O3/c1-15-19(16-7-3-4-8-17(16)22(2)20(15)25)23-10-12-24(13-11-23)21(26)18-9-5-6-14-27-18/h5-6,9,16-17H,3-4,7-8,10-14H2,1-2H3. The van der Waals surface area contributed by atoms with Gasteiger partial charge in [-0.05, 0) is 31.9 Å². The van der Waals surface area contributed by atoms with Crippen LogP contribution in [0.15, 0.2) is 35.3 Å². The molecule has 2 unspecified atom stereocenters. The van der Waals surface area contributed by atoms with Crippen molar-refractivity contribution in [3.05, 3.63) is 35.3 Å². The smallest absolute Gasteiger partial charge is 0.289 e. The summed E-state index contributed by atoms with van der Waals surface area (Å²) in [5.41, 5.74) is 2.13. The summed E-state index contributed by atoms with van der Waals surface area (Å²) < 4.78 is 5.46. The lowest BCUT2D eigenvalue weighted by atomic mass is 9.77. The lowest BCUT2D eigenvalue weighted by Gasteiger charge is -2.48. The minimum atomic E-state index is -0.0281. The van der Waals surface area contributed by atoms with E-state index in [0.717, 1.165) is 31.5 Å². The molecular formula is C21H29N3O3. The molecule has 0 N–H and O–H groups in total. The number of fused-ring (bicyclic) bond motifs is 1. The second kappa shape index (κ2) is 7.41. The normalized spacial score (nSPS) is 28.7. The Morgan fingerprint density at radius 3 is 2.59 bits per heavy atom. The predicted octanol–water partition coefficient (Wildman–Crippen LogP) is 1.91. The predicted molar refractivity (Wildman–Crippen MR) is 103 cm³/mol. The summed E-state index contributed by atoms with van der Waals surface area (Å²) in [6.07, 6.45) is 10.2. The number of allylic oxidation sites excluding steroid dienone is 2. The molecule has 146 valence electrons. The van der Waals surface area contributed by atoms with E-state index in [4.69, 9.17) is 4.74 Å². The number of amides is 2. The topological polar surface area (TPSA) is 53.1 Å². The number of likely N-dealkylation sites (N-methyl/N-ethyl adjacent to an activating group) is 1. The molecule has 0 radical (unpaired) electrons. The fourth-order valence-corrected chi connectivity index (χ4v) is 5.00. The molecule has 4 aliphatic rings. The van der Waals surface area contributed by atoms with Gasteiger partial charge in [-0.2, -0.15) is 0 Å². The molecular weight excluding hydrogens is 342 g/mol. The van der Waals surface area contributed by atoms with E-state index < -0.39 is 0 Å². The molecule has 0 aromatic heterocycles. The van der Waals surface area contributed by atoms with Crippen LogP contribution in [0, 0.1) is 5.92 Å². The Kier molecular flexibility index (Phi) is 4.98. The van der Waals surface area contributed by atoms with E-state index in [2.05, 4.69) is 4.90 Å². The largest absolute Gasteiger partial charge is 0.484 e. The Labute approximate surface area is 161 Å². The van der Waals surface area contributed by atoms with E-state index in [0.29, 0.717) is 37.4 Å². The van der Waals surface area contributed by atoms with E-state index in [1.54, 1.807) is 6.08 Å². The highest BCUT2D eigenvalue weighted by Crippen LogP contribution is 2.40. The zero-order valence-electron chi connectivity index (χ0n) is 16.3. The summed E-state index contributed by atoms with van der Waals surface area (Å²) in [6.45, 7) is 5.33. The van der Waals surface area contributed by atoms with Gasteiger partial charge >= 0.3 is 0 Å². The first-order chi connectivity index (χ1) is 13.1. The SMILES string of the molecule is CC1=C(N2CCN(C(=O)C3=CC=CCO3)CC2)C2CCCCC2N(C)C1=O. The van der Waals surface area contributed by atoms with Crippen LogP contribution in [-0.2, 0) is 14.3 Å². The number of ether oxygens (including phenoxy) is 1. The van der Waals surface area contributed by atoms with Crippen molar-refractivity contribution in [2.24, 2.45) is 5.92 Å². The average molecular weight is 371 g/mol. The molecule has 27 heavy (non-hydrogen) atoms. The van der Waals surface area contributed by atoms with Gasteiger partial charge in [-0.15, -0.1) is 0 Å². The number of rotatable bonds is 2. The first kappa shape index (κ1) is 18.1. The molecule has 6 nitrogen and oxygen atoms in total. The van der Waals surface area contributed by atoms with Crippen molar-refractivity contribution in [2.75, 3.05) is 39.8 Å². The van der Waals surface area contributed by atoms with Crippen LogP contribution >= 0.6 is 0 Å². The molecule has 0 aromatic rings. The van der Waals surface area contributed by atoms with Gasteiger partial charge in [0.05, 0.1) is 0 Å². The second-order valence-corrected chi connectivity index (χ2v) is 7.93. The van der Waals surface area contributed by atoms with Gasteiger partial charge in [0.1, 0.15) is 6.61 Å². The average Bonchev–Trinajstić information content (AvgIpc) is 2.73. The third kappa shape index (κ3) is 3.26. The van der Waals surface area contributed by atoms with Crippen LogP contribution in [-0.4, -0.2) is 72.4 Å². The van der Waals surface area contributed by atoms with Crippen LogP contribution in [0.1, 0.15) is 32.6 Å². The second-order valence-electron chi connectivity index (χ2n) is 7.93. The Morgan fingerprint density at radius 1 is 1.15 bits per heavy atom. The fraction of sp³-hybridized carbons (Fsp3) is 0.619. The van der Waals surface area contributed by atoms with Crippen LogP contribution in [0.25, 0.3) is 0 Å². The maximum atomic E-state index is 12.8. The number of hydrogen-bond acceptors (Lipinski definition) is 4. The summed E-state index contributed by atoms with van der Waals surface area (Å²) in [7, 11) is 1.95. The van der Waals surface area contributed by atoms with Crippen LogP contribution in [0.4, 0.5) is 0 Å². The molecule has 2 atom stereocenters. The van der Waals surface area contributed by atoms with Gasteiger partial charge in [0.2, 0.25) is 0 Å². The molecule has 6 heteroatoms. The highest BCUT2D eigenvalue weighted by Gasteiger charge is 2.42. The third-order valence-electron chi connectivity index (χ3n) is 6.44. The van der Waals surface area contributed by atoms with Crippen LogP contribution in [0.2, 0.25) is 0 Å². The van der Waals surface area contributed by atoms with Crippen molar-refractivity contribution in [2.45, 2.75) is 38.6 Å². The van der Waals surface area contributed by atoms with Gasteiger partial charge in [0.25, 0.3) is 11.8 Å². The number of nitrogens with zero attached hydrogens (tertiary/aromatic N) is 3. The maximum absolute atomic E-state index is 12.8. The van der Waals surface area contributed by atoms with E-state index >= 15 is 0 Å². The molecule has 1 saturated carbocycles. The number of carbonyl (C=O) groups excluding carboxylic acids is 2. The molecule has 0 spiro atoms. The molecule has 1 aliphatic carbocycles. The number of carbonyl (C=O) groups is 2. The van der Waals surface area contributed by atoms with E-state index in [9.17, 15) is 9.59 Å². The minimum Gasteiger partial charge on any atom is -0.484 e. The zero-order valence-corrected chi connectivity index (χ0v) is 16.3. The summed E-state index contributed by atoms with van der Waals surface area (Å²) in [5.74, 6) is 1.01. The van der Waals surface area contributed by atoms with Crippen LogP contribution in [0.5, 0.6) is 0 Å². The van der Waals surface area contributed by atoms with Crippen molar-refractivity contribution in [3.63, 3.8) is 0 Å². The van der Waals surface area contributed by atoms with Crippen molar-refractivity contribution < 1.29 is 14.3 Å².